The van der Waals surface area contributed by atoms with Crippen molar-refractivity contribution in [1.82, 2.24) is 25.7 Å². The number of nitrogens with one attached hydrogen (secondary N) is 3. The van der Waals surface area contributed by atoms with Gasteiger partial charge >= 0.3 is 0 Å². The van der Waals surface area contributed by atoms with E-state index in [2.05, 4.69) is 26.4 Å². The molecule has 0 fully saturated rings. The lowest BCUT2D eigenvalue weighted by molar-refractivity contribution is 0.102. The number of amides is 1. The molecule has 0 unspecified atom stereocenters. The number of nitrogens with zero attached hydrogens (tertiary/aromatic N) is 4. The lowest BCUT2D eigenvalue weighted by Crippen LogP contribution is -2.36. The zero-order valence-electron chi connectivity index (χ0n) is 16.5. The molecule has 8 nitrogen and oxygen atoms in total. The van der Waals surface area contributed by atoms with Crippen molar-refractivity contribution in [2.24, 2.45) is 7.05 Å². The smallest absolute Gasteiger partial charge is 0.256 e. The lowest BCUT2D eigenvalue weighted by Gasteiger charge is -2.18. The first-order valence-electron chi connectivity index (χ1n) is 9.08. The second-order valence-electron chi connectivity index (χ2n) is 6.86. The SMILES string of the molecule is Cc1ccc(C(=O)Nc2ncc(Cl)cc2Cl)cc1N1C=C(c2cnn(C)c2C)NN1. The number of pyridine rings is 1. The van der Waals surface area contributed by atoms with Gasteiger partial charge in [0.2, 0.25) is 0 Å². The van der Waals surface area contributed by atoms with Gasteiger partial charge in [0.05, 0.1) is 27.6 Å². The topological polar surface area (TPSA) is 87.1 Å². The van der Waals surface area contributed by atoms with Crippen LogP contribution in [0.25, 0.3) is 5.70 Å². The molecule has 1 aliphatic heterocycles. The molecule has 0 atom stereocenters. The largest absolute Gasteiger partial charge is 0.305 e. The average molecular weight is 444 g/mol. The number of rotatable bonds is 4. The summed E-state index contributed by atoms with van der Waals surface area (Å²) >= 11 is 12.0. The Hall–Kier alpha value is -3.07. The highest BCUT2D eigenvalue weighted by atomic mass is 35.5. The number of hydrogen-bond acceptors (Lipinski definition) is 6. The van der Waals surface area contributed by atoms with E-state index < -0.39 is 0 Å². The molecule has 4 rings (SSSR count). The number of aromatic nitrogens is 3. The Kier molecular flexibility index (Phi) is 5.38. The number of aryl methyl sites for hydroxylation is 2. The third kappa shape index (κ3) is 3.85. The summed E-state index contributed by atoms with van der Waals surface area (Å²) in [6, 6.07) is 6.94. The Bertz CT molecular complexity index is 1170. The Balaban J connectivity index is 1.59. The van der Waals surface area contributed by atoms with E-state index in [-0.39, 0.29) is 16.7 Å². The third-order valence-corrected chi connectivity index (χ3v) is 5.36. The van der Waals surface area contributed by atoms with Gasteiger partial charge in [0.25, 0.3) is 5.91 Å². The van der Waals surface area contributed by atoms with Crippen molar-refractivity contribution in [3.63, 3.8) is 0 Å². The van der Waals surface area contributed by atoms with E-state index >= 15 is 0 Å². The number of hydrazine groups is 2. The second-order valence-corrected chi connectivity index (χ2v) is 7.70. The summed E-state index contributed by atoms with van der Waals surface area (Å²) < 4.78 is 1.81. The fourth-order valence-corrected chi connectivity index (χ4v) is 3.47. The highest BCUT2D eigenvalue weighted by molar-refractivity contribution is 6.36. The maximum atomic E-state index is 12.7. The average Bonchev–Trinajstić information content (AvgIpc) is 3.31. The summed E-state index contributed by atoms with van der Waals surface area (Å²) in [7, 11) is 1.90. The van der Waals surface area contributed by atoms with Crippen LogP contribution in [-0.4, -0.2) is 20.7 Å². The van der Waals surface area contributed by atoms with Gasteiger partial charge in [-0.15, -0.1) is 5.53 Å². The quantitative estimate of drug-likeness (QED) is 0.567. The molecule has 1 amide bonds. The first-order chi connectivity index (χ1) is 14.3. The van der Waals surface area contributed by atoms with Crippen LogP contribution in [0.2, 0.25) is 10.0 Å². The molecule has 2 aromatic heterocycles. The molecule has 0 aliphatic carbocycles. The van der Waals surface area contributed by atoms with Crippen LogP contribution in [0.15, 0.2) is 42.9 Å². The highest BCUT2D eigenvalue weighted by Crippen LogP contribution is 2.27. The Labute approximate surface area is 183 Å². The summed E-state index contributed by atoms with van der Waals surface area (Å²) in [4.78, 5) is 16.8. The number of hydrogen-bond donors (Lipinski definition) is 3. The normalized spacial score (nSPS) is 13.2. The molecule has 0 radical (unpaired) electrons. The lowest BCUT2D eigenvalue weighted by atomic mass is 10.1. The predicted molar refractivity (Wildman–Crippen MR) is 118 cm³/mol. The van der Waals surface area contributed by atoms with Gasteiger partial charge in [-0.2, -0.15) is 5.10 Å². The van der Waals surface area contributed by atoms with Gasteiger partial charge in [0, 0.05) is 36.3 Å². The number of halogens is 2. The zero-order valence-corrected chi connectivity index (χ0v) is 18.0. The van der Waals surface area contributed by atoms with Crippen LogP contribution >= 0.6 is 23.2 Å². The summed E-state index contributed by atoms with van der Waals surface area (Å²) in [5.41, 5.74) is 11.4. The van der Waals surface area contributed by atoms with E-state index in [1.54, 1.807) is 18.3 Å². The molecular weight excluding hydrogens is 425 g/mol. The molecule has 1 aliphatic rings. The van der Waals surface area contributed by atoms with Gasteiger partial charge in [-0.3, -0.25) is 14.5 Å². The van der Waals surface area contributed by atoms with Crippen molar-refractivity contribution in [3.05, 3.63) is 75.3 Å². The number of carbonyl (C=O) groups excluding carboxylic acids is 1. The first kappa shape index (κ1) is 20.2. The summed E-state index contributed by atoms with van der Waals surface area (Å²) in [6.07, 6.45) is 5.15. The van der Waals surface area contributed by atoms with E-state index in [9.17, 15) is 4.79 Å². The van der Waals surface area contributed by atoms with Crippen molar-refractivity contribution in [1.29, 1.82) is 0 Å². The van der Waals surface area contributed by atoms with E-state index in [1.165, 1.54) is 12.3 Å². The summed E-state index contributed by atoms with van der Waals surface area (Å²) in [5.74, 6) is -0.0733. The molecule has 0 saturated heterocycles. The minimum Gasteiger partial charge on any atom is -0.305 e. The molecule has 154 valence electrons. The van der Waals surface area contributed by atoms with Crippen molar-refractivity contribution in [2.75, 3.05) is 10.3 Å². The van der Waals surface area contributed by atoms with Gasteiger partial charge in [0.15, 0.2) is 5.82 Å². The maximum absolute atomic E-state index is 12.7. The first-order valence-corrected chi connectivity index (χ1v) is 9.84. The minimum atomic E-state index is -0.326. The molecule has 0 saturated carbocycles. The van der Waals surface area contributed by atoms with Gasteiger partial charge in [-0.05, 0) is 37.6 Å². The van der Waals surface area contributed by atoms with Gasteiger partial charge in [0.1, 0.15) is 0 Å². The van der Waals surface area contributed by atoms with E-state index in [1.807, 2.05) is 42.9 Å². The van der Waals surface area contributed by atoms with E-state index in [0.717, 1.165) is 28.2 Å². The number of anilines is 2. The Morgan fingerprint density at radius 2 is 1.97 bits per heavy atom. The molecular formula is C20H19Cl2N7O. The van der Waals surface area contributed by atoms with Crippen molar-refractivity contribution >= 4 is 46.3 Å². The summed E-state index contributed by atoms with van der Waals surface area (Å²) in [6.45, 7) is 3.97. The van der Waals surface area contributed by atoms with Crippen LogP contribution in [0, 0.1) is 13.8 Å². The summed E-state index contributed by atoms with van der Waals surface area (Å²) in [5, 5.41) is 9.48. The maximum Gasteiger partial charge on any atom is 0.256 e. The van der Waals surface area contributed by atoms with E-state index in [4.69, 9.17) is 23.2 Å². The molecule has 0 bridgehead atoms. The van der Waals surface area contributed by atoms with Gasteiger partial charge in [-0.1, -0.05) is 29.3 Å². The van der Waals surface area contributed by atoms with Crippen molar-refractivity contribution < 1.29 is 4.79 Å². The van der Waals surface area contributed by atoms with Crippen LogP contribution in [0.3, 0.4) is 0 Å². The Morgan fingerprint density at radius 3 is 2.67 bits per heavy atom. The van der Waals surface area contributed by atoms with Crippen LogP contribution < -0.4 is 21.3 Å². The molecule has 10 heteroatoms. The Morgan fingerprint density at radius 1 is 1.17 bits per heavy atom. The standard InChI is InChI=1S/C20H19Cl2N7O/c1-11-4-5-13(20(30)25-19-16(22)7-14(21)8-23-19)6-18(11)29-10-17(26-27-29)15-9-24-28(3)12(15)2/h4-10,26-27H,1-3H3,(H,23,25,30). The predicted octanol–water partition coefficient (Wildman–Crippen LogP) is 3.82. The monoisotopic (exact) mass is 443 g/mol. The number of carbonyl (C=O) groups is 1. The van der Waals surface area contributed by atoms with Crippen molar-refractivity contribution in [2.45, 2.75) is 13.8 Å². The van der Waals surface area contributed by atoms with Crippen LogP contribution in [0.4, 0.5) is 11.5 Å². The van der Waals surface area contributed by atoms with Gasteiger partial charge in [-0.25, -0.2) is 4.98 Å². The zero-order chi connectivity index (χ0) is 21.4. The van der Waals surface area contributed by atoms with Crippen molar-refractivity contribution in [3.8, 4) is 0 Å². The molecule has 3 heterocycles. The second kappa shape index (κ2) is 7.98. The minimum absolute atomic E-state index is 0.253. The fraction of sp³-hybridized carbons (Fsp3) is 0.150. The highest BCUT2D eigenvalue weighted by Gasteiger charge is 2.20. The molecule has 30 heavy (non-hydrogen) atoms. The molecule has 3 N–H and O–H groups in total. The van der Waals surface area contributed by atoms with Crippen LogP contribution in [0.1, 0.15) is 27.2 Å². The van der Waals surface area contributed by atoms with Crippen LogP contribution in [-0.2, 0) is 7.05 Å². The number of benzene rings is 1. The van der Waals surface area contributed by atoms with Crippen LogP contribution in [0.5, 0.6) is 0 Å². The molecule has 0 spiro atoms. The third-order valence-electron chi connectivity index (χ3n) is 4.87. The molecule has 1 aromatic carbocycles. The van der Waals surface area contributed by atoms with Gasteiger partial charge < -0.3 is 10.7 Å². The van der Waals surface area contributed by atoms with E-state index in [0.29, 0.717) is 10.6 Å². The molecule has 3 aromatic rings. The fourth-order valence-electron chi connectivity index (χ4n) is 3.04.